The molecule has 2 N–H and O–H groups in total. The molecule has 4 nitrogen and oxygen atoms in total. The molecule has 0 aliphatic heterocycles. The molecule has 0 atom stereocenters. The van der Waals surface area contributed by atoms with Gasteiger partial charge in [-0.15, -0.1) is 0 Å². The number of rotatable bonds is 3. The number of carbonyl (C=O) groups is 1. The summed E-state index contributed by atoms with van der Waals surface area (Å²) in [5, 5.41) is 3.05. The van der Waals surface area contributed by atoms with E-state index in [1.165, 1.54) is 6.42 Å². The molecule has 0 spiro atoms. The first-order valence-corrected chi connectivity index (χ1v) is 6.24. The largest absolute Gasteiger partial charge is 0.349 e. The van der Waals surface area contributed by atoms with Crippen molar-refractivity contribution >= 4 is 5.91 Å². The standard InChI is InChI=1S/C14H15N3O/c18-14(17-10-4-3-5-10)12-7-2-1-6-11(12)13-15-8-9-16-13/h1-2,6-10H,3-5H2,(H,15,16)(H,17,18). The van der Waals surface area contributed by atoms with Crippen LogP contribution in [0.3, 0.4) is 0 Å². The molecule has 1 aromatic heterocycles. The van der Waals surface area contributed by atoms with Crippen molar-refractivity contribution in [2.24, 2.45) is 0 Å². The first-order valence-electron chi connectivity index (χ1n) is 6.24. The summed E-state index contributed by atoms with van der Waals surface area (Å²) in [5.74, 6) is 0.723. The maximum atomic E-state index is 12.2. The summed E-state index contributed by atoms with van der Waals surface area (Å²) in [4.78, 5) is 19.5. The van der Waals surface area contributed by atoms with Gasteiger partial charge in [0.2, 0.25) is 0 Å². The van der Waals surface area contributed by atoms with E-state index in [4.69, 9.17) is 0 Å². The fourth-order valence-electron chi connectivity index (χ4n) is 2.12. The SMILES string of the molecule is O=C(NC1CCC1)c1ccccc1-c1ncc[nH]1. The van der Waals surface area contributed by atoms with E-state index in [1.54, 1.807) is 12.4 Å². The van der Waals surface area contributed by atoms with Gasteiger partial charge in [0, 0.05) is 24.0 Å². The van der Waals surface area contributed by atoms with E-state index in [2.05, 4.69) is 15.3 Å². The Bertz CT molecular complexity index is 544. The molecular formula is C14H15N3O. The number of benzene rings is 1. The number of aromatic nitrogens is 2. The molecule has 1 fully saturated rings. The van der Waals surface area contributed by atoms with Crippen LogP contribution in [0.5, 0.6) is 0 Å². The smallest absolute Gasteiger partial charge is 0.252 e. The molecule has 0 radical (unpaired) electrons. The number of aromatic amines is 1. The molecule has 0 saturated heterocycles. The molecular weight excluding hydrogens is 226 g/mol. The molecule has 1 aliphatic rings. The van der Waals surface area contributed by atoms with Crippen LogP contribution in [0, 0.1) is 0 Å². The van der Waals surface area contributed by atoms with Crippen LogP contribution >= 0.6 is 0 Å². The Morgan fingerprint density at radius 1 is 1.33 bits per heavy atom. The number of nitrogens with zero attached hydrogens (tertiary/aromatic N) is 1. The fraction of sp³-hybridized carbons (Fsp3) is 0.286. The van der Waals surface area contributed by atoms with Gasteiger partial charge in [-0.3, -0.25) is 4.79 Å². The van der Waals surface area contributed by atoms with Crippen LogP contribution < -0.4 is 5.32 Å². The first kappa shape index (κ1) is 11.0. The van der Waals surface area contributed by atoms with Gasteiger partial charge in [0.15, 0.2) is 0 Å². The maximum absolute atomic E-state index is 12.2. The van der Waals surface area contributed by atoms with Crippen molar-refractivity contribution in [1.82, 2.24) is 15.3 Å². The van der Waals surface area contributed by atoms with E-state index in [0.717, 1.165) is 24.2 Å². The lowest BCUT2D eigenvalue weighted by molar-refractivity contribution is 0.0917. The van der Waals surface area contributed by atoms with E-state index in [1.807, 2.05) is 24.3 Å². The van der Waals surface area contributed by atoms with Gasteiger partial charge < -0.3 is 10.3 Å². The summed E-state index contributed by atoms with van der Waals surface area (Å²) in [7, 11) is 0. The number of hydrogen-bond donors (Lipinski definition) is 2. The van der Waals surface area contributed by atoms with Crippen molar-refractivity contribution in [3.05, 3.63) is 42.2 Å². The second kappa shape index (κ2) is 4.64. The monoisotopic (exact) mass is 241 g/mol. The predicted molar refractivity (Wildman–Crippen MR) is 69.1 cm³/mol. The Balaban J connectivity index is 1.89. The lowest BCUT2D eigenvalue weighted by Crippen LogP contribution is -2.39. The summed E-state index contributed by atoms with van der Waals surface area (Å²) in [6.45, 7) is 0. The number of H-pyrrole nitrogens is 1. The third kappa shape index (κ3) is 2.01. The van der Waals surface area contributed by atoms with Crippen LogP contribution in [0.1, 0.15) is 29.6 Å². The average Bonchev–Trinajstić information content (AvgIpc) is 2.87. The van der Waals surface area contributed by atoms with Gasteiger partial charge >= 0.3 is 0 Å². The molecule has 1 aromatic carbocycles. The molecule has 1 heterocycles. The van der Waals surface area contributed by atoms with Crippen LogP contribution in [0.2, 0.25) is 0 Å². The normalized spacial score (nSPS) is 15.1. The number of nitrogens with one attached hydrogen (secondary N) is 2. The van der Waals surface area contributed by atoms with Crippen LogP contribution in [0.15, 0.2) is 36.7 Å². The summed E-state index contributed by atoms with van der Waals surface area (Å²) >= 11 is 0. The van der Waals surface area contributed by atoms with Gasteiger partial charge in [0.25, 0.3) is 5.91 Å². The van der Waals surface area contributed by atoms with E-state index < -0.39 is 0 Å². The second-order valence-corrected chi connectivity index (χ2v) is 4.58. The zero-order valence-corrected chi connectivity index (χ0v) is 10.0. The minimum atomic E-state index is -0.00769. The third-order valence-electron chi connectivity index (χ3n) is 3.37. The molecule has 3 rings (SSSR count). The van der Waals surface area contributed by atoms with Crippen molar-refractivity contribution in [1.29, 1.82) is 0 Å². The van der Waals surface area contributed by atoms with E-state index in [9.17, 15) is 4.79 Å². The molecule has 0 unspecified atom stereocenters. The molecule has 1 aliphatic carbocycles. The van der Waals surface area contributed by atoms with Crippen LogP contribution in [0.4, 0.5) is 0 Å². The fourth-order valence-corrected chi connectivity index (χ4v) is 2.12. The van der Waals surface area contributed by atoms with Gasteiger partial charge in [-0.2, -0.15) is 0 Å². The van der Waals surface area contributed by atoms with E-state index >= 15 is 0 Å². The number of imidazole rings is 1. The Morgan fingerprint density at radius 2 is 2.17 bits per heavy atom. The van der Waals surface area contributed by atoms with Crippen LogP contribution in [-0.4, -0.2) is 21.9 Å². The lowest BCUT2D eigenvalue weighted by Gasteiger charge is -2.26. The minimum Gasteiger partial charge on any atom is -0.349 e. The van der Waals surface area contributed by atoms with Gasteiger partial charge in [-0.25, -0.2) is 4.98 Å². The average molecular weight is 241 g/mol. The molecule has 1 amide bonds. The number of carbonyl (C=O) groups excluding carboxylic acids is 1. The number of amides is 1. The molecule has 1 saturated carbocycles. The summed E-state index contributed by atoms with van der Waals surface area (Å²) in [5.41, 5.74) is 1.53. The van der Waals surface area contributed by atoms with Gasteiger partial charge in [0.05, 0.1) is 5.56 Å². The number of hydrogen-bond acceptors (Lipinski definition) is 2. The Labute approximate surface area is 105 Å². The topological polar surface area (TPSA) is 57.8 Å². The Morgan fingerprint density at radius 3 is 2.83 bits per heavy atom. The maximum Gasteiger partial charge on any atom is 0.252 e. The van der Waals surface area contributed by atoms with Gasteiger partial charge in [-0.1, -0.05) is 18.2 Å². The van der Waals surface area contributed by atoms with Gasteiger partial charge in [0.1, 0.15) is 5.82 Å². The highest BCUT2D eigenvalue weighted by molar-refractivity contribution is 6.00. The second-order valence-electron chi connectivity index (χ2n) is 4.58. The molecule has 2 aromatic rings. The molecule has 0 bridgehead atoms. The van der Waals surface area contributed by atoms with Crippen molar-refractivity contribution in [3.8, 4) is 11.4 Å². The minimum absolute atomic E-state index is 0.00769. The Hall–Kier alpha value is -2.10. The molecule has 4 heteroatoms. The van der Waals surface area contributed by atoms with Crippen molar-refractivity contribution < 1.29 is 4.79 Å². The quantitative estimate of drug-likeness (QED) is 0.866. The van der Waals surface area contributed by atoms with Gasteiger partial charge in [-0.05, 0) is 25.3 Å². The predicted octanol–water partition coefficient (Wildman–Crippen LogP) is 2.36. The Kier molecular flexibility index (Phi) is 2.84. The van der Waals surface area contributed by atoms with E-state index in [-0.39, 0.29) is 5.91 Å². The van der Waals surface area contributed by atoms with Crippen molar-refractivity contribution in [2.45, 2.75) is 25.3 Å². The highest BCUT2D eigenvalue weighted by Gasteiger charge is 2.21. The zero-order valence-electron chi connectivity index (χ0n) is 10.0. The zero-order chi connectivity index (χ0) is 12.4. The summed E-state index contributed by atoms with van der Waals surface area (Å²) < 4.78 is 0. The van der Waals surface area contributed by atoms with Crippen molar-refractivity contribution in [2.75, 3.05) is 0 Å². The third-order valence-corrected chi connectivity index (χ3v) is 3.37. The van der Waals surface area contributed by atoms with Crippen LogP contribution in [0.25, 0.3) is 11.4 Å². The molecule has 18 heavy (non-hydrogen) atoms. The lowest BCUT2D eigenvalue weighted by atomic mass is 9.92. The molecule has 92 valence electrons. The highest BCUT2D eigenvalue weighted by atomic mass is 16.1. The van der Waals surface area contributed by atoms with Crippen LogP contribution in [-0.2, 0) is 0 Å². The van der Waals surface area contributed by atoms with E-state index in [0.29, 0.717) is 11.6 Å². The first-order chi connectivity index (χ1) is 8.84. The highest BCUT2D eigenvalue weighted by Crippen LogP contribution is 2.22. The van der Waals surface area contributed by atoms with Crippen molar-refractivity contribution in [3.63, 3.8) is 0 Å². The summed E-state index contributed by atoms with van der Waals surface area (Å²) in [6, 6.07) is 7.89. The summed E-state index contributed by atoms with van der Waals surface area (Å²) in [6.07, 6.45) is 6.85.